The number of fused-ring (bicyclic) bond motifs is 1. The average molecular weight is 501 g/mol. The Morgan fingerprint density at radius 3 is 2.86 bits per heavy atom. The Morgan fingerprint density at radius 1 is 1.14 bits per heavy atom. The van der Waals surface area contributed by atoms with Gasteiger partial charge in [0.25, 0.3) is 0 Å². The van der Waals surface area contributed by atoms with Crippen LogP contribution in [0, 0.1) is 12.7 Å². The summed E-state index contributed by atoms with van der Waals surface area (Å²) in [6.45, 7) is 5.85. The molecule has 1 aromatic carbocycles. The molecule has 2 aromatic heterocycles. The Hall–Kier alpha value is -4.02. The van der Waals surface area contributed by atoms with Crippen molar-refractivity contribution in [3.63, 3.8) is 0 Å². The number of ether oxygens (including phenoxy) is 1. The van der Waals surface area contributed by atoms with Gasteiger partial charge < -0.3 is 20.4 Å². The third-order valence-corrected chi connectivity index (χ3v) is 6.64. The number of morpholine rings is 1. The van der Waals surface area contributed by atoms with E-state index in [1.54, 1.807) is 12.4 Å². The highest BCUT2D eigenvalue weighted by Gasteiger charge is 2.24. The van der Waals surface area contributed by atoms with Crippen LogP contribution in [0.3, 0.4) is 0 Å². The summed E-state index contributed by atoms with van der Waals surface area (Å²) in [6.07, 6.45) is 7.72. The SMILES string of the molecule is Cc1cccc(-c2[nH]c(CNc3cccc(CN4CCOCC4)c3F)nc2C2=CN3N=CNC3C=C2)n1. The Bertz CT molecular complexity index is 1370. The number of hydrazone groups is 1. The van der Waals surface area contributed by atoms with Crippen molar-refractivity contribution in [2.24, 2.45) is 5.10 Å². The van der Waals surface area contributed by atoms with Crippen LogP contribution in [-0.4, -0.2) is 63.7 Å². The maximum atomic E-state index is 15.3. The third-order valence-electron chi connectivity index (χ3n) is 6.64. The number of allylic oxidation sites excluding steroid dienone is 2. The molecule has 3 aliphatic heterocycles. The van der Waals surface area contributed by atoms with Crippen LogP contribution in [0.5, 0.6) is 0 Å². The minimum atomic E-state index is -0.232. The number of aromatic nitrogens is 3. The van der Waals surface area contributed by atoms with Crippen molar-refractivity contribution in [2.45, 2.75) is 26.2 Å². The number of nitrogens with zero attached hydrogens (tertiary/aromatic N) is 5. The molecule has 0 amide bonds. The fraction of sp³-hybridized carbons (Fsp3) is 0.296. The number of rotatable bonds is 7. The van der Waals surface area contributed by atoms with E-state index in [0.29, 0.717) is 43.4 Å². The van der Waals surface area contributed by atoms with Crippen LogP contribution in [0.4, 0.5) is 10.1 Å². The Balaban J connectivity index is 1.26. The van der Waals surface area contributed by atoms with Crippen LogP contribution in [0.25, 0.3) is 17.0 Å². The fourth-order valence-electron chi connectivity index (χ4n) is 4.70. The molecule has 190 valence electrons. The van der Waals surface area contributed by atoms with E-state index in [1.807, 2.05) is 60.6 Å². The molecule has 0 aliphatic carbocycles. The Kier molecular flexibility index (Phi) is 6.42. The quantitative estimate of drug-likeness (QED) is 0.458. The summed E-state index contributed by atoms with van der Waals surface area (Å²) in [6, 6.07) is 11.4. The number of hydrogen-bond acceptors (Lipinski definition) is 8. The highest BCUT2D eigenvalue weighted by atomic mass is 19.1. The summed E-state index contributed by atoms with van der Waals surface area (Å²) < 4.78 is 20.7. The van der Waals surface area contributed by atoms with Crippen LogP contribution in [-0.2, 0) is 17.8 Å². The number of pyridine rings is 1. The summed E-state index contributed by atoms with van der Waals surface area (Å²) in [5.41, 5.74) is 5.34. The summed E-state index contributed by atoms with van der Waals surface area (Å²) >= 11 is 0. The predicted molar refractivity (Wildman–Crippen MR) is 141 cm³/mol. The maximum Gasteiger partial charge on any atom is 0.150 e. The third kappa shape index (κ3) is 4.98. The molecule has 3 aliphatic rings. The van der Waals surface area contributed by atoms with E-state index in [-0.39, 0.29) is 12.0 Å². The maximum absolute atomic E-state index is 15.3. The predicted octanol–water partition coefficient (Wildman–Crippen LogP) is 3.45. The van der Waals surface area contributed by atoms with Crippen molar-refractivity contribution >= 4 is 17.6 Å². The van der Waals surface area contributed by atoms with Crippen LogP contribution in [0.1, 0.15) is 22.8 Å². The number of imidazole rings is 1. The molecule has 0 radical (unpaired) electrons. The molecule has 3 N–H and O–H groups in total. The smallest absolute Gasteiger partial charge is 0.150 e. The number of aromatic amines is 1. The normalized spacial score (nSPS) is 19.0. The number of H-pyrrole nitrogens is 1. The summed E-state index contributed by atoms with van der Waals surface area (Å²) in [5, 5.41) is 12.6. The molecule has 1 saturated heterocycles. The lowest BCUT2D eigenvalue weighted by atomic mass is 10.1. The first-order valence-corrected chi connectivity index (χ1v) is 12.5. The van der Waals surface area contributed by atoms with Crippen molar-refractivity contribution in [2.75, 3.05) is 31.6 Å². The molecule has 0 bridgehead atoms. The number of aryl methyl sites for hydroxylation is 1. The van der Waals surface area contributed by atoms with E-state index < -0.39 is 0 Å². The Morgan fingerprint density at radius 2 is 2.00 bits per heavy atom. The summed E-state index contributed by atoms with van der Waals surface area (Å²) in [5.74, 6) is 0.454. The van der Waals surface area contributed by atoms with Crippen LogP contribution in [0.15, 0.2) is 59.9 Å². The van der Waals surface area contributed by atoms with Crippen molar-refractivity contribution in [1.29, 1.82) is 0 Å². The van der Waals surface area contributed by atoms with Gasteiger partial charge in [0.2, 0.25) is 0 Å². The molecule has 3 aromatic rings. The van der Waals surface area contributed by atoms with Gasteiger partial charge in [0.15, 0.2) is 5.82 Å². The second-order valence-electron chi connectivity index (χ2n) is 9.27. The van der Waals surface area contributed by atoms with Gasteiger partial charge in [-0.05, 0) is 31.2 Å². The molecular formula is C27H29FN8O. The number of anilines is 1. The van der Waals surface area contributed by atoms with Crippen molar-refractivity contribution < 1.29 is 9.13 Å². The van der Waals surface area contributed by atoms with Crippen LogP contribution < -0.4 is 10.6 Å². The molecule has 1 unspecified atom stereocenters. The standard InChI is InChI=1S/C27H29FN8O/c1-18-4-2-7-22(32-18)27-26(20-8-9-24-30-17-31-36(24)16-20)33-23(34-27)14-29-21-6-3-5-19(25(21)28)15-35-10-12-37-13-11-35/h2-9,16-17,24,29H,10-15H2,1H3,(H,30,31)(H,33,34). The summed E-state index contributed by atoms with van der Waals surface area (Å²) in [4.78, 5) is 15.2. The minimum absolute atomic E-state index is 0.0112. The van der Waals surface area contributed by atoms with Crippen LogP contribution in [0.2, 0.25) is 0 Å². The molecule has 1 atom stereocenters. The molecule has 9 nitrogen and oxygen atoms in total. The molecule has 37 heavy (non-hydrogen) atoms. The van der Waals surface area contributed by atoms with E-state index >= 15 is 4.39 Å². The van der Waals surface area contributed by atoms with Gasteiger partial charge in [0.1, 0.15) is 18.3 Å². The van der Waals surface area contributed by atoms with Crippen molar-refractivity contribution in [3.05, 3.63) is 83.3 Å². The van der Waals surface area contributed by atoms with E-state index in [9.17, 15) is 0 Å². The van der Waals surface area contributed by atoms with Crippen molar-refractivity contribution in [1.82, 2.24) is 30.2 Å². The molecule has 6 rings (SSSR count). The second-order valence-corrected chi connectivity index (χ2v) is 9.27. The van der Waals surface area contributed by atoms with E-state index in [2.05, 4.69) is 25.6 Å². The van der Waals surface area contributed by atoms with E-state index in [0.717, 1.165) is 41.4 Å². The molecule has 1 fully saturated rings. The monoisotopic (exact) mass is 500 g/mol. The topological polar surface area (TPSA) is 93.7 Å². The van der Waals surface area contributed by atoms with E-state index in [4.69, 9.17) is 14.7 Å². The van der Waals surface area contributed by atoms with Gasteiger partial charge in [-0.1, -0.05) is 24.3 Å². The molecular weight excluding hydrogens is 471 g/mol. The lowest BCUT2D eigenvalue weighted by Crippen LogP contribution is -2.35. The molecule has 10 heteroatoms. The van der Waals surface area contributed by atoms with Gasteiger partial charge >= 0.3 is 0 Å². The second kappa shape index (κ2) is 10.2. The highest BCUT2D eigenvalue weighted by Crippen LogP contribution is 2.30. The first-order valence-electron chi connectivity index (χ1n) is 12.5. The van der Waals surface area contributed by atoms with Gasteiger partial charge in [-0.2, -0.15) is 5.10 Å². The van der Waals surface area contributed by atoms with Gasteiger partial charge in [0, 0.05) is 42.7 Å². The van der Waals surface area contributed by atoms with Crippen molar-refractivity contribution in [3.8, 4) is 11.4 Å². The lowest BCUT2D eigenvalue weighted by Gasteiger charge is -2.27. The molecule has 0 spiro atoms. The number of nitrogens with one attached hydrogen (secondary N) is 3. The van der Waals surface area contributed by atoms with E-state index in [1.165, 1.54) is 0 Å². The van der Waals surface area contributed by atoms with Crippen LogP contribution >= 0.6 is 0 Å². The highest BCUT2D eigenvalue weighted by molar-refractivity contribution is 5.82. The number of halogens is 1. The van der Waals surface area contributed by atoms with Gasteiger partial charge in [-0.3, -0.25) is 9.88 Å². The fourth-order valence-corrected chi connectivity index (χ4v) is 4.70. The Labute approximate surface area is 214 Å². The largest absolute Gasteiger partial charge is 0.379 e. The zero-order chi connectivity index (χ0) is 25.2. The van der Waals surface area contributed by atoms with Gasteiger partial charge in [-0.25, -0.2) is 14.4 Å². The first-order chi connectivity index (χ1) is 18.1. The lowest BCUT2D eigenvalue weighted by molar-refractivity contribution is 0.0337. The molecule has 0 saturated carbocycles. The van der Waals surface area contributed by atoms with Gasteiger partial charge in [0.05, 0.1) is 42.5 Å². The average Bonchev–Trinajstić information content (AvgIpc) is 3.57. The molecule has 5 heterocycles. The zero-order valence-corrected chi connectivity index (χ0v) is 20.6. The summed E-state index contributed by atoms with van der Waals surface area (Å²) in [7, 11) is 0. The first kappa shape index (κ1) is 23.4. The number of hydrogen-bond donors (Lipinski definition) is 3. The van der Waals surface area contributed by atoms with Gasteiger partial charge in [-0.15, -0.1) is 0 Å². The minimum Gasteiger partial charge on any atom is -0.379 e. The number of benzene rings is 1. The zero-order valence-electron chi connectivity index (χ0n) is 20.6.